The lowest BCUT2D eigenvalue weighted by Gasteiger charge is -2.01. The van der Waals surface area contributed by atoms with Gasteiger partial charge in [-0.25, -0.2) is 9.37 Å². The van der Waals surface area contributed by atoms with Gasteiger partial charge in [0.25, 0.3) is 0 Å². The van der Waals surface area contributed by atoms with Gasteiger partial charge in [0.15, 0.2) is 5.76 Å². The predicted molar refractivity (Wildman–Crippen MR) is 61.3 cm³/mol. The number of nitrogens with one attached hydrogen (secondary N) is 1. The van der Waals surface area contributed by atoms with Crippen molar-refractivity contribution in [2.45, 2.75) is 6.54 Å². The van der Waals surface area contributed by atoms with Crippen molar-refractivity contribution in [2.24, 2.45) is 0 Å². The minimum atomic E-state index is -1.15. The lowest BCUT2D eigenvalue weighted by molar-refractivity contribution is -0.387. The van der Waals surface area contributed by atoms with Crippen LogP contribution in [0.15, 0.2) is 22.7 Å². The Morgan fingerprint density at radius 2 is 2.21 bits per heavy atom. The first-order valence-corrected chi connectivity index (χ1v) is 5.26. The SMILES string of the molecule is CNCc1ncc(-c2cc(F)cc([N+](=O)[O-])c2F)o1. The summed E-state index contributed by atoms with van der Waals surface area (Å²) < 4.78 is 32.3. The molecule has 0 radical (unpaired) electrons. The molecule has 0 aliphatic heterocycles. The molecule has 0 aliphatic rings. The molecular weight excluding hydrogens is 260 g/mol. The van der Waals surface area contributed by atoms with Crippen molar-refractivity contribution < 1.29 is 18.1 Å². The highest BCUT2D eigenvalue weighted by molar-refractivity contribution is 5.62. The van der Waals surface area contributed by atoms with Crippen molar-refractivity contribution in [3.63, 3.8) is 0 Å². The molecule has 19 heavy (non-hydrogen) atoms. The van der Waals surface area contributed by atoms with Crippen molar-refractivity contribution in [1.82, 2.24) is 10.3 Å². The van der Waals surface area contributed by atoms with E-state index in [-0.39, 0.29) is 17.2 Å². The number of oxazole rings is 1. The van der Waals surface area contributed by atoms with E-state index in [1.165, 1.54) is 6.20 Å². The Morgan fingerprint density at radius 1 is 1.47 bits per heavy atom. The number of nitrogens with zero attached hydrogens (tertiary/aromatic N) is 2. The fourth-order valence-corrected chi connectivity index (χ4v) is 1.55. The fourth-order valence-electron chi connectivity index (χ4n) is 1.55. The number of hydrogen-bond donors (Lipinski definition) is 1. The first kappa shape index (κ1) is 13.1. The Hall–Kier alpha value is -2.35. The summed E-state index contributed by atoms with van der Waals surface area (Å²) in [7, 11) is 1.66. The number of nitro groups is 1. The van der Waals surface area contributed by atoms with Crippen molar-refractivity contribution in [1.29, 1.82) is 0 Å². The van der Waals surface area contributed by atoms with Gasteiger partial charge in [-0.1, -0.05) is 0 Å². The molecule has 0 amide bonds. The molecule has 2 aromatic rings. The molecule has 0 spiro atoms. The molecule has 0 bridgehead atoms. The topological polar surface area (TPSA) is 81.2 Å². The monoisotopic (exact) mass is 269 g/mol. The number of halogens is 2. The Kier molecular flexibility index (Phi) is 3.52. The van der Waals surface area contributed by atoms with Crippen molar-refractivity contribution >= 4 is 5.69 Å². The molecule has 0 saturated carbocycles. The molecule has 0 atom stereocenters. The highest BCUT2D eigenvalue weighted by Gasteiger charge is 2.23. The normalized spacial score (nSPS) is 10.7. The average Bonchev–Trinajstić information content (AvgIpc) is 2.80. The summed E-state index contributed by atoms with van der Waals surface area (Å²) in [5.74, 6) is -1.87. The summed E-state index contributed by atoms with van der Waals surface area (Å²) in [6.45, 7) is 0.305. The highest BCUT2D eigenvalue weighted by atomic mass is 19.1. The number of rotatable bonds is 4. The van der Waals surface area contributed by atoms with E-state index in [9.17, 15) is 18.9 Å². The number of aromatic nitrogens is 1. The molecule has 1 heterocycles. The molecule has 1 aromatic carbocycles. The predicted octanol–water partition coefficient (Wildman–Crippen LogP) is 2.25. The van der Waals surface area contributed by atoms with E-state index in [4.69, 9.17) is 4.42 Å². The summed E-state index contributed by atoms with van der Waals surface area (Å²) in [4.78, 5) is 13.5. The Balaban J connectivity index is 2.51. The van der Waals surface area contributed by atoms with Gasteiger partial charge in [-0.15, -0.1) is 0 Å². The Labute approximate surface area is 106 Å². The van der Waals surface area contributed by atoms with Gasteiger partial charge in [0.1, 0.15) is 5.82 Å². The van der Waals surface area contributed by atoms with E-state index >= 15 is 0 Å². The van der Waals surface area contributed by atoms with Crippen LogP contribution in [-0.2, 0) is 6.54 Å². The summed E-state index contributed by atoms with van der Waals surface area (Å²) in [6.07, 6.45) is 1.19. The van der Waals surface area contributed by atoms with Crippen LogP contribution >= 0.6 is 0 Å². The number of nitro benzene ring substituents is 1. The lowest BCUT2D eigenvalue weighted by atomic mass is 10.1. The molecule has 100 valence electrons. The molecule has 0 fully saturated rings. The van der Waals surface area contributed by atoms with Crippen LogP contribution in [-0.4, -0.2) is 17.0 Å². The zero-order valence-corrected chi connectivity index (χ0v) is 9.81. The van der Waals surface area contributed by atoms with Gasteiger partial charge >= 0.3 is 5.69 Å². The van der Waals surface area contributed by atoms with Crippen molar-refractivity contribution in [3.05, 3.63) is 46.0 Å². The Bertz CT molecular complexity index is 628. The molecule has 0 saturated heterocycles. The lowest BCUT2D eigenvalue weighted by Crippen LogP contribution is -2.04. The third-order valence-corrected chi connectivity index (χ3v) is 2.36. The molecular formula is C11H9F2N3O3. The first-order chi connectivity index (χ1) is 9.02. The van der Waals surface area contributed by atoms with Crippen molar-refractivity contribution in [3.8, 4) is 11.3 Å². The van der Waals surface area contributed by atoms with Gasteiger partial charge in [0, 0.05) is 0 Å². The average molecular weight is 269 g/mol. The summed E-state index contributed by atoms with van der Waals surface area (Å²) in [5.41, 5.74) is -1.27. The molecule has 6 nitrogen and oxygen atoms in total. The zero-order valence-electron chi connectivity index (χ0n) is 9.81. The zero-order chi connectivity index (χ0) is 14.0. The van der Waals surface area contributed by atoms with Crippen molar-refractivity contribution in [2.75, 3.05) is 7.05 Å². The maximum absolute atomic E-state index is 13.9. The van der Waals surface area contributed by atoms with E-state index in [0.29, 0.717) is 12.6 Å². The largest absolute Gasteiger partial charge is 0.439 e. The Morgan fingerprint density at radius 3 is 2.84 bits per heavy atom. The maximum Gasteiger partial charge on any atom is 0.308 e. The summed E-state index contributed by atoms with van der Waals surface area (Å²) >= 11 is 0. The highest BCUT2D eigenvalue weighted by Crippen LogP contribution is 2.30. The number of benzene rings is 1. The van der Waals surface area contributed by atoms with Gasteiger partial charge < -0.3 is 9.73 Å². The quantitative estimate of drug-likeness (QED) is 0.680. The van der Waals surface area contributed by atoms with Crippen LogP contribution in [0.4, 0.5) is 14.5 Å². The third kappa shape index (κ3) is 2.58. The van der Waals surface area contributed by atoms with E-state index in [1.807, 2.05) is 0 Å². The molecule has 0 unspecified atom stereocenters. The van der Waals surface area contributed by atoms with E-state index in [0.717, 1.165) is 6.07 Å². The van der Waals surface area contributed by atoms with Gasteiger partial charge in [-0.05, 0) is 13.1 Å². The van der Waals surface area contributed by atoms with Gasteiger partial charge in [-0.3, -0.25) is 10.1 Å². The maximum atomic E-state index is 13.9. The van der Waals surface area contributed by atoms with Crippen LogP contribution in [0.5, 0.6) is 0 Å². The van der Waals surface area contributed by atoms with Crippen LogP contribution in [0.2, 0.25) is 0 Å². The minimum Gasteiger partial charge on any atom is -0.439 e. The minimum absolute atomic E-state index is 0.0645. The van der Waals surface area contributed by atoms with Gasteiger partial charge in [0.05, 0.1) is 29.3 Å². The summed E-state index contributed by atoms with van der Waals surface area (Å²) in [6, 6.07) is 1.34. The third-order valence-electron chi connectivity index (χ3n) is 2.36. The fraction of sp³-hybridized carbons (Fsp3) is 0.182. The second-order valence-corrected chi connectivity index (χ2v) is 3.69. The first-order valence-electron chi connectivity index (χ1n) is 5.26. The standard InChI is InChI=1S/C11H9F2N3O3/c1-14-5-10-15-4-9(19-10)7-2-6(12)3-8(11(7)13)16(17)18/h2-4,14H,5H2,1H3. The van der Waals surface area contributed by atoms with Crippen LogP contribution in [0.3, 0.4) is 0 Å². The molecule has 0 aliphatic carbocycles. The van der Waals surface area contributed by atoms with E-state index < -0.39 is 22.2 Å². The van der Waals surface area contributed by atoms with Crippen LogP contribution in [0.1, 0.15) is 5.89 Å². The molecule has 2 rings (SSSR count). The van der Waals surface area contributed by atoms with Crippen LogP contribution in [0.25, 0.3) is 11.3 Å². The smallest absolute Gasteiger partial charge is 0.308 e. The van der Waals surface area contributed by atoms with Gasteiger partial charge in [0.2, 0.25) is 11.7 Å². The number of hydrogen-bond acceptors (Lipinski definition) is 5. The van der Waals surface area contributed by atoms with E-state index in [1.54, 1.807) is 7.05 Å². The van der Waals surface area contributed by atoms with Gasteiger partial charge in [-0.2, -0.15) is 4.39 Å². The van der Waals surface area contributed by atoms with Crippen LogP contribution < -0.4 is 5.32 Å². The molecule has 1 N–H and O–H groups in total. The second kappa shape index (κ2) is 5.11. The molecule has 8 heteroatoms. The molecule has 1 aromatic heterocycles. The second-order valence-electron chi connectivity index (χ2n) is 3.69. The van der Waals surface area contributed by atoms with Crippen LogP contribution in [0, 0.1) is 21.7 Å². The van der Waals surface area contributed by atoms with E-state index in [2.05, 4.69) is 10.3 Å². The summed E-state index contributed by atoms with van der Waals surface area (Å²) in [5, 5.41) is 13.4.